The lowest BCUT2D eigenvalue weighted by Crippen LogP contribution is -2.50. The van der Waals surface area contributed by atoms with E-state index in [1.807, 2.05) is 0 Å². The second kappa shape index (κ2) is 7.35. The Morgan fingerprint density at radius 2 is 1.81 bits per heavy atom. The van der Waals surface area contributed by atoms with Crippen LogP contribution in [-0.2, 0) is 9.59 Å². The molecule has 0 bridgehead atoms. The van der Waals surface area contributed by atoms with Crippen LogP contribution in [0, 0.1) is 5.41 Å². The van der Waals surface area contributed by atoms with E-state index in [0.29, 0.717) is 29.9 Å². The maximum Gasteiger partial charge on any atom is 0.255 e. The zero-order chi connectivity index (χ0) is 18.6. The molecule has 0 aliphatic carbocycles. The predicted molar refractivity (Wildman–Crippen MR) is 97.6 cm³/mol. The van der Waals surface area contributed by atoms with Gasteiger partial charge in [-0.25, -0.2) is 0 Å². The van der Waals surface area contributed by atoms with E-state index in [1.165, 1.54) is 0 Å². The molecule has 1 unspecified atom stereocenters. The van der Waals surface area contributed by atoms with Crippen LogP contribution in [-0.4, -0.2) is 29.3 Å². The third kappa shape index (κ3) is 3.72. The second-order valence-corrected chi connectivity index (χ2v) is 6.42. The average Bonchev–Trinajstić information content (AvgIpc) is 2.65. The van der Waals surface area contributed by atoms with E-state index in [1.54, 1.807) is 55.7 Å². The maximum absolute atomic E-state index is 12.6. The zero-order valence-corrected chi connectivity index (χ0v) is 14.4. The van der Waals surface area contributed by atoms with E-state index in [-0.39, 0.29) is 17.7 Å². The molecule has 1 saturated heterocycles. The van der Waals surface area contributed by atoms with Gasteiger partial charge < -0.3 is 16.0 Å². The molecule has 1 aliphatic rings. The van der Waals surface area contributed by atoms with Crippen LogP contribution in [0.1, 0.15) is 30.1 Å². The third-order valence-electron chi connectivity index (χ3n) is 4.46. The van der Waals surface area contributed by atoms with Crippen LogP contribution in [0.25, 0.3) is 0 Å². The molecule has 3 rings (SSSR count). The highest BCUT2D eigenvalue weighted by molar-refractivity contribution is 6.11. The molecule has 7 nitrogen and oxygen atoms in total. The van der Waals surface area contributed by atoms with Crippen molar-refractivity contribution in [1.82, 2.24) is 10.3 Å². The molecule has 1 atom stereocenters. The number of hydrogen-bond donors (Lipinski definition) is 3. The number of rotatable bonds is 4. The summed E-state index contributed by atoms with van der Waals surface area (Å²) in [5.41, 5.74) is 0.458. The molecule has 0 spiro atoms. The highest BCUT2D eigenvalue weighted by Crippen LogP contribution is 2.29. The number of piperidine rings is 1. The summed E-state index contributed by atoms with van der Waals surface area (Å²) in [6.45, 7) is 2.24. The molecule has 0 radical (unpaired) electrons. The minimum atomic E-state index is -1.09. The number of benzene rings is 1. The number of hydrogen-bond acceptors (Lipinski definition) is 4. The van der Waals surface area contributed by atoms with Crippen molar-refractivity contribution in [3.63, 3.8) is 0 Å². The van der Waals surface area contributed by atoms with Crippen LogP contribution >= 0.6 is 0 Å². The van der Waals surface area contributed by atoms with Gasteiger partial charge in [0.15, 0.2) is 0 Å². The maximum atomic E-state index is 12.6. The summed E-state index contributed by atoms with van der Waals surface area (Å²) in [4.78, 5) is 40.8. The summed E-state index contributed by atoms with van der Waals surface area (Å²) in [5.74, 6) is -0.884. The fraction of sp³-hybridized carbons (Fsp3) is 0.263. The standard InChI is InChI=1S/C19H20N4O3/c1-19(8-3-9-21-17(19)25)18(26)23-15-5-2-4-14(12-15)22-16(24)13-6-10-20-11-7-13/h2,4-7,10-12H,3,8-9H2,1H3,(H,21,25)(H,22,24)(H,23,26). The fourth-order valence-corrected chi connectivity index (χ4v) is 2.82. The van der Waals surface area contributed by atoms with Gasteiger partial charge in [-0.15, -0.1) is 0 Å². The van der Waals surface area contributed by atoms with Gasteiger partial charge in [0.1, 0.15) is 5.41 Å². The number of nitrogens with zero attached hydrogens (tertiary/aromatic N) is 1. The van der Waals surface area contributed by atoms with Gasteiger partial charge in [0, 0.05) is 35.9 Å². The Hall–Kier alpha value is -3.22. The van der Waals surface area contributed by atoms with Crippen molar-refractivity contribution in [2.24, 2.45) is 5.41 Å². The Morgan fingerprint density at radius 1 is 1.12 bits per heavy atom. The van der Waals surface area contributed by atoms with Gasteiger partial charge in [0.05, 0.1) is 0 Å². The number of aromatic nitrogens is 1. The summed E-state index contributed by atoms with van der Waals surface area (Å²) in [7, 11) is 0. The summed E-state index contributed by atoms with van der Waals surface area (Å²) in [6.07, 6.45) is 4.35. The number of pyridine rings is 1. The lowest BCUT2D eigenvalue weighted by molar-refractivity contribution is -0.141. The van der Waals surface area contributed by atoms with E-state index in [9.17, 15) is 14.4 Å². The first kappa shape index (κ1) is 17.6. The second-order valence-electron chi connectivity index (χ2n) is 6.42. The van der Waals surface area contributed by atoms with E-state index < -0.39 is 5.41 Å². The van der Waals surface area contributed by atoms with Crippen molar-refractivity contribution in [3.05, 3.63) is 54.4 Å². The van der Waals surface area contributed by atoms with Gasteiger partial charge in [0.2, 0.25) is 11.8 Å². The van der Waals surface area contributed by atoms with Gasteiger partial charge in [-0.3, -0.25) is 19.4 Å². The molecule has 134 valence electrons. The summed E-state index contributed by atoms with van der Waals surface area (Å²) >= 11 is 0. The Morgan fingerprint density at radius 3 is 2.50 bits per heavy atom. The number of carbonyl (C=O) groups is 3. The van der Waals surface area contributed by atoms with Crippen LogP contribution < -0.4 is 16.0 Å². The topological polar surface area (TPSA) is 100 Å². The molecule has 3 amide bonds. The molecule has 7 heteroatoms. The lowest BCUT2D eigenvalue weighted by atomic mass is 9.81. The zero-order valence-electron chi connectivity index (χ0n) is 14.4. The van der Waals surface area contributed by atoms with Crippen LogP contribution in [0.15, 0.2) is 48.8 Å². The molecule has 2 heterocycles. The Labute approximate surface area is 151 Å². The highest BCUT2D eigenvalue weighted by Gasteiger charge is 2.42. The van der Waals surface area contributed by atoms with Gasteiger partial charge in [-0.05, 0) is 50.1 Å². The molecule has 1 aliphatic heterocycles. The molecule has 1 fully saturated rings. The summed E-state index contributed by atoms with van der Waals surface area (Å²) in [5, 5.41) is 8.28. The van der Waals surface area contributed by atoms with Crippen LogP contribution in [0.2, 0.25) is 0 Å². The Kier molecular flexibility index (Phi) is 4.97. The number of anilines is 2. The molecular formula is C19H20N4O3. The Bertz CT molecular complexity index is 838. The number of nitrogens with one attached hydrogen (secondary N) is 3. The van der Waals surface area contributed by atoms with Gasteiger partial charge in [0.25, 0.3) is 5.91 Å². The van der Waals surface area contributed by atoms with Gasteiger partial charge in [-0.1, -0.05) is 6.07 Å². The molecule has 26 heavy (non-hydrogen) atoms. The first-order chi connectivity index (χ1) is 12.5. The van der Waals surface area contributed by atoms with Gasteiger partial charge in [-0.2, -0.15) is 0 Å². The molecule has 1 aromatic heterocycles. The summed E-state index contributed by atoms with van der Waals surface area (Å²) < 4.78 is 0. The minimum absolute atomic E-state index is 0.261. The molecule has 3 N–H and O–H groups in total. The van der Waals surface area contributed by atoms with E-state index in [2.05, 4.69) is 20.9 Å². The molecule has 1 aromatic carbocycles. The van der Waals surface area contributed by atoms with Crippen molar-refractivity contribution in [2.75, 3.05) is 17.2 Å². The van der Waals surface area contributed by atoms with Crippen molar-refractivity contribution in [1.29, 1.82) is 0 Å². The minimum Gasteiger partial charge on any atom is -0.355 e. The predicted octanol–water partition coefficient (Wildman–Crippen LogP) is 2.19. The smallest absolute Gasteiger partial charge is 0.255 e. The monoisotopic (exact) mass is 352 g/mol. The number of carbonyl (C=O) groups excluding carboxylic acids is 3. The first-order valence-electron chi connectivity index (χ1n) is 8.40. The molecule has 0 saturated carbocycles. The van der Waals surface area contributed by atoms with Crippen LogP contribution in [0.5, 0.6) is 0 Å². The van der Waals surface area contributed by atoms with E-state index >= 15 is 0 Å². The van der Waals surface area contributed by atoms with Crippen molar-refractivity contribution < 1.29 is 14.4 Å². The third-order valence-corrected chi connectivity index (χ3v) is 4.46. The SMILES string of the molecule is CC1(C(=O)Nc2cccc(NC(=O)c3ccncc3)c2)CCCNC1=O. The van der Waals surface area contributed by atoms with Crippen LogP contribution in [0.4, 0.5) is 11.4 Å². The quantitative estimate of drug-likeness (QED) is 0.734. The van der Waals surface area contributed by atoms with E-state index in [0.717, 1.165) is 6.42 Å². The van der Waals surface area contributed by atoms with Crippen molar-refractivity contribution in [3.8, 4) is 0 Å². The fourth-order valence-electron chi connectivity index (χ4n) is 2.82. The highest BCUT2D eigenvalue weighted by atomic mass is 16.2. The van der Waals surface area contributed by atoms with E-state index in [4.69, 9.17) is 0 Å². The first-order valence-corrected chi connectivity index (χ1v) is 8.40. The largest absolute Gasteiger partial charge is 0.355 e. The van der Waals surface area contributed by atoms with Crippen molar-refractivity contribution in [2.45, 2.75) is 19.8 Å². The normalized spacial score (nSPS) is 19.3. The average molecular weight is 352 g/mol. The van der Waals surface area contributed by atoms with Gasteiger partial charge >= 0.3 is 0 Å². The van der Waals surface area contributed by atoms with Crippen LogP contribution in [0.3, 0.4) is 0 Å². The number of amides is 3. The molecule has 2 aromatic rings. The molecular weight excluding hydrogens is 332 g/mol. The summed E-state index contributed by atoms with van der Waals surface area (Å²) in [6, 6.07) is 10.0. The van der Waals surface area contributed by atoms with Crippen molar-refractivity contribution >= 4 is 29.1 Å². The lowest BCUT2D eigenvalue weighted by Gasteiger charge is -2.31. The Balaban J connectivity index is 1.70.